The van der Waals surface area contributed by atoms with Crippen molar-refractivity contribution in [2.24, 2.45) is 0 Å². The number of aromatic amines is 1. The van der Waals surface area contributed by atoms with Gasteiger partial charge in [-0.15, -0.1) is 0 Å². The van der Waals surface area contributed by atoms with Crippen molar-refractivity contribution >= 4 is 11.9 Å². The van der Waals surface area contributed by atoms with Crippen molar-refractivity contribution in [1.29, 1.82) is 0 Å². The maximum Gasteiger partial charge on any atom is 0.330 e. The molecule has 2 aromatic carbocycles. The Kier molecular flexibility index (Phi) is 6.10. The van der Waals surface area contributed by atoms with E-state index >= 15 is 0 Å². The van der Waals surface area contributed by atoms with Gasteiger partial charge < -0.3 is 14.8 Å². The molecule has 0 radical (unpaired) electrons. The summed E-state index contributed by atoms with van der Waals surface area (Å²) in [6.45, 7) is -0.125. The number of methoxy groups -OCH3 is 1. The molecule has 160 valence electrons. The van der Waals surface area contributed by atoms with Crippen LogP contribution in [0.1, 0.15) is 21.5 Å². The van der Waals surface area contributed by atoms with Crippen LogP contribution in [-0.4, -0.2) is 32.5 Å². The SMILES string of the molecule is COc1cc(C=CC(=O)c2cccc(-n3cc(-c4cccnc4)[nH]c3=O)c2)ccc1CO. The van der Waals surface area contributed by atoms with Crippen LogP contribution in [0.5, 0.6) is 5.75 Å². The van der Waals surface area contributed by atoms with Crippen LogP contribution in [0.2, 0.25) is 0 Å². The Hall–Kier alpha value is -4.23. The first-order chi connectivity index (χ1) is 15.6. The standard InChI is InChI=1S/C25H21N3O4/c1-32-24-12-17(7-9-20(24)16-29)8-10-23(30)18-4-2-6-21(13-18)28-15-22(27-25(28)31)19-5-3-11-26-14-19/h2-15,29H,16H2,1H3,(H,27,31). The van der Waals surface area contributed by atoms with E-state index in [1.165, 1.54) is 17.8 Å². The first-order valence-electron chi connectivity index (χ1n) is 9.91. The minimum atomic E-state index is -0.305. The van der Waals surface area contributed by atoms with E-state index in [-0.39, 0.29) is 18.1 Å². The fourth-order valence-electron chi connectivity index (χ4n) is 3.33. The van der Waals surface area contributed by atoms with Gasteiger partial charge in [0.15, 0.2) is 5.78 Å². The first-order valence-corrected chi connectivity index (χ1v) is 9.91. The lowest BCUT2D eigenvalue weighted by atomic mass is 10.1. The van der Waals surface area contributed by atoms with Crippen molar-refractivity contribution in [3.63, 3.8) is 0 Å². The molecule has 0 aliphatic rings. The van der Waals surface area contributed by atoms with E-state index in [0.29, 0.717) is 28.3 Å². The Morgan fingerprint density at radius 2 is 2.06 bits per heavy atom. The Balaban J connectivity index is 1.58. The average molecular weight is 427 g/mol. The number of H-pyrrole nitrogens is 1. The van der Waals surface area contributed by atoms with E-state index in [4.69, 9.17) is 4.74 Å². The highest BCUT2D eigenvalue weighted by molar-refractivity contribution is 6.07. The molecule has 0 aliphatic carbocycles. The summed E-state index contributed by atoms with van der Waals surface area (Å²) in [4.78, 5) is 32.1. The predicted octanol–water partition coefficient (Wildman–Crippen LogP) is 3.62. The number of imidazole rings is 1. The highest BCUT2D eigenvalue weighted by Crippen LogP contribution is 2.21. The largest absolute Gasteiger partial charge is 0.496 e. The van der Waals surface area contributed by atoms with Gasteiger partial charge in [-0.1, -0.05) is 30.3 Å². The minimum Gasteiger partial charge on any atom is -0.496 e. The number of benzene rings is 2. The average Bonchev–Trinajstić information content (AvgIpc) is 3.24. The molecule has 0 atom stereocenters. The number of ketones is 1. The summed E-state index contributed by atoms with van der Waals surface area (Å²) in [6, 6.07) is 15.8. The highest BCUT2D eigenvalue weighted by atomic mass is 16.5. The maximum absolute atomic E-state index is 12.7. The zero-order chi connectivity index (χ0) is 22.5. The van der Waals surface area contributed by atoms with Gasteiger partial charge in [-0.05, 0) is 42.0 Å². The van der Waals surface area contributed by atoms with E-state index in [9.17, 15) is 14.7 Å². The molecular weight excluding hydrogens is 406 g/mol. The van der Waals surface area contributed by atoms with Crippen LogP contribution in [0, 0.1) is 0 Å². The molecule has 0 unspecified atom stereocenters. The summed E-state index contributed by atoms with van der Waals surface area (Å²) in [5, 5.41) is 9.33. The minimum absolute atomic E-state index is 0.125. The van der Waals surface area contributed by atoms with Crippen LogP contribution < -0.4 is 10.4 Å². The van der Waals surface area contributed by atoms with Gasteiger partial charge in [0.1, 0.15) is 5.75 Å². The molecule has 7 heteroatoms. The molecule has 4 aromatic rings. The number of aliphatic hydroxyl groups is 1. The van der Waals surface area contributed by atoms with Gasteiger partial charge in [0.05, 0.1) is 25.1 Å². The van der Waals surface area contributed by atoms with Crippen molar-refractivity contribution in [1.82, 2.24) is 14.5 Å². The predicted molar refractivity (Wildman–Crippen MR) is 122 cm³/mol. The third-order valence-electron chi connectivity index (χ3n) is 5.01. The number of allylic oxidation sites excluding steroid dienone is 1. The van der Waals surface area contributed by atoms with Gasteiger partial charge in [-0.25, -0.2) is 4.79 Å². The quantitative estimate of drug-likeness (QED) is 0.347. The third kappa shape index (κ3) is 4.43. The van der Waals surface area contributed by atoms with E-state index in [2.05, 4.69) is 9.97 Å². The molecule has 0 saturated heterocycles. The molecule has 0 amide bonds. The summed E-state index contributed by atoms with van der Waals surface area (Å²) in [5.74, 6) is 0.355. The van der Waals surface area contributed by atoms with Crippen LogP contribution in [0.15, 0.2) is 84.1 Å². The van der Waals surface area contributed by atoms with Gasteiger partial charge in [-0.2, -0.15) is 0 Å². The van der Waals surface area contributed by atoms with Gasteiger partial charge in [-0.3, -0.25) is 14.3 Å². The second kappa shape index (κ2) is 9.28. The fourth-order valence-corrected chi connectivity index (χ4v) is 3.33. The summed E-state index contributed by atoms with van der Waals surface area (Å²) in [7, 11) is 1.53. The number of nitrogens with one attached hydrogen (secondary N) is 1. The molecule has 0 bridgehead atoms. The molecule has 32 heavy (non-hydrogen) atoms. The topological polar surface area (TPSA) is 97.2 Å². The monoisotopic (exact) mass is 427 g/mol. The van der Waals surface area contributed by atoms with Gasteiger partial charge in [0.25, 0.3) is 0 Å². The molecule has 0 fully saturated rings. The Bertz CT molecular complexity index is 1340. The highest BCUT2D eigenvalue weighted by Gasteiger charge is 2.10. The van der Waals surface area contributed by atoms with Crippen LogP contribution in [-0.2, 0) is 6.61 Å². The third-order valence-corrected chi connectivity index (χ3v) is 5.01. The summed E-state index contributed by atoms with van der Waals surface area (Å²) in [5.41, 5.74) is 3.60. The molecule has 0 saturated carbocycles. The molecule has 0 aliphatic heterocycles. The number of aromatic nitrogens is 3. The number of aliphatic hydroxyl groups excluding tert-OH is 1. The van der Waals surface area contributed by atoms with Crippen molar-refractivity contribution in [2.75, 3.05) is 7.11 Å². The van der Waals surface area contributed by atoms with E-state index < -0.39 is 0 Å². The van der Waals surface area contributed by atoms with Gasteiger partial charge >= 0.3 is 5.69 Å². The number of rotatable bonds is 7. The number of pyridine rings is 1. The number of carbonyl (C=O) groups excluding carboxylic acids is 1. The number of nitrogens with zero attached hydrogens (tertiary/aromatic N) is 2. The zero-order valence-corrected chi connectivity index (χ0v) is 17.4. The van der Waals surface area contributed by atoms with Crippen LogP contribution >= 0.6 is 0 Å². The lowest BCUT2D eigenvalue weighted by Gasteiger charge is -2.06. The molecular formula is C25H21N3O4. The molecule has 2 heterocycles. The lowest BCUT2D eigenvalue weighted by molar-refractivity contribution is 0.104. The second-order valence-electron chi connectivity index (χ2n) is 7.06. The number of hydrogen-bond donors (Lipinski definition) is 2. The van der Waals surface area contributed by atoms with E-state index in [0.717, 1.165) is 11.1 Å². The first kappa shape index (κ1) is 21.0. The number of hydrogen-bond acceptors (Lipinski definition) is 5. The fraction of sp³-hybridized carbons (Fsp3) is 0.0800. The van der Waals surface area contributed by atoms with Gasteiger partial charge in [0, 0.05) is 35.3 Å². The summed E-state index contributed by atoms with van der Waals surface area (Å²) in [6.07, 6.45) is 8.17. The van der Waals surface area contributed by atoms with Crippen molar-refractivity contribution in [2.45, 2.75) is 6.61 Å². The van der Waals surface area contributed by atoms with Crippen molar-refractivity contribution in [3.8, 4) is 22.7 Å². The van der Waals surface area contributed by atoms with E-state index in [1.54, 1.807) is 73.2 Å². The lowest BCUT2D eigenvalue weighted by Crippen LogP contribution is -2.14. The number of ether oxygens (including phenoxy) is 1. The Morgan fingerprint density at radius 1 is 1.19 bits per heavy atom. The molecule has 2 aromatic heterocycles. The summed E-state index contributed by atoms with van der Waals surface area (Å²) < 4.78 is 6.72. The van der Waals surface area contributed by atoms with E-state index in [1.807, 2.05) is 6.07 Å². The molecule has 0 spiro atoms. The van der Waals surface area contributed by atoms with Crippen molar-refractivity contribution in [3.05, 3.63) is 106 Å². The van der Waals surface area contributed by atoms with Crippen LogP contribution in [0.3, 0.4) is 0 Å². The Morgan fingerprint density at radius 3 is 2.81 bits per heavy atom. The molecule has 2 N–H and O–H groups in total. The van der Waals surface area contributed by atoms with Gasteiger partial charge in [0.2, 0.25) is 0 Å². The van der Waals surface area contributed by atoms with Crippen molar-refractivity contribution < 1.29 is 14.6 Å². The summed E-state index contributed by atoms with van der Waals surface area (Å²) >= 11 is 0. The Labute approximate surface area is 184 Å². The van der Waals surface area contributed by atoms with Crippen LogP contribution in [0.25, 0.3) is 23.0 Å². The second-order valence-corrected chi connectivity index (χ2v) is 7.06. The maximum atomic E-state index is 12.7. The number of carbonyl (C=O) groups is 1. The smallest absolute Gasteiger partial charge is 0.330 e. The molecule has 7 nitrogen and oxygen atoms in total. The zero-order valence-electron chi connectivity index (χ0n) is 17.4. The normalized spacial score (nSPS) is 11.1. The molecule has 4 rings (SSSR count). The van der Waals surface area contributed by atoms with Crippen LogP contribution in [0.4, 0.5) is 0 Å².